The maximum atomic E-state index is 12.3. The lowest BCUT2D eigenvalue weighted by Crippen LogP contribution is -3.13. The van der Waals surface area contributed by atoms with Crippen LogP contribution in [0, 0.1) is 0 Å². The Balaban J connectivity index is 1.42. The van der Waals surface area contributed by atoms with E-state index in [1.807, 2.05) is 35.2 Å². The highest BCUT2D eigenvalue weighted by molar-refractivity contribution is 6.30. The number of rotatable bonds is 4. The number of carbonyl (C=O) groups excluding carboxylic acids is 1. The zero-order valence-corrected chi connectivity index (χ0v) is 14.4. The number of hydrogen-bond acceptors (Lipinski definition) is 1. The molecule has 0 aliphatic carbocycles. The minimum absolute atomic E-state index is 0.0173. The molecule has 1 fully saturated rings. The van der Waals surface area contributed by atoms with E-state index in [0.717, 1.165) is 38.3 Å². The Bertz CT molecular complexity index is 652. The summed E-state index contributed by atoms with van der Waals surface area (Å²) in [5.41, 5.74) is 2.41. The molecule has 2 amide bonds. The third kappa shape index (κ3) is 4.73. The molecule has 0 spiro atoms. The Morgan fingerprint density at radius 1 is 1.00 bits per heavy atom. The fourth-order valence-corrected chi connectivity index (χ4v) is 3.11. The minimum atomic E-state index is 0.0173. The topological polar surface area (TPSA) is 36.8 Å². The maximum absolute atomic E-state index is 12.3. The molecule has 0 atom stereocenters. The van der Waals surface area contributed by atoms with Crippen LogP contribution in [0.5, 0.6) is 0 Å². The normalized spacial score (nSPS) is 15.3. The molecule has 0 bridgehead atoms. The van der Waals surface area contributed by atoms with Crippen LogP contribution in [0.2, 0.25) is 5.02 Å². The number of quaternary nitrogens is 1. The Kier molecular flexibility index (Phi) is 5.72. The van der Waals surface area contributed by atoms with Gasteiger partial charge in [0.25, 0.3) is 0 Å². The second-order valence-corrected chi connectivity index (χ2v) is 6.62. The number of hydrogen-bond donors (Lipinski definition) is 2. The van der Waals surface area contributed by atoms with E-state index >= 15 is 0 Å². The lowest BCUT2D eigenvalue weighted by molar-refractivity contribution is -0.917. The predicted molar refractivity (Wildman–Crippen MR) is 96.1 cm³/mol. The summed E-state index contributed by atoms with van der Waals surface area (Å²) in [6.45, 7) is 5.14. The minimum Gasteiger partial charge on any atom is -0.334 e. The van der Waals surface area contributed by atoms with Crippen molar-refractivity contribution in [3.8, 4) is 0 Å². The van der Waals surface area contributed by atoms with E-state index in [4.69, 9.17) is 11.6 Å². The molecule has 2 N–H and O–H groups in total. The van der Waals surface area contributed by atoms with Gasteiger partial charge in [-0.1, -0.05) is 54.1 Å². The summed E-state index contributed by atoms with van der Waals surface area (Å²) in [6, 6.07) is 18.1. The summed E-state index contributed by atoms with van der Waals surface area (Å²) in [5, 5.41) is 3.70. The lowest BCUT2D eigenvalue weighted by atomic mass is 10.2. The smallest absolute Gasteiger partial charge is 0.318 e. The Labute approximate surface area is 148 Å². The average Bonchev–Trinajstić information content (AvgIpc) is 2.62. The molecule has 1 heterocycles. The average molecular weight is 345 g/mol. The molecule has 0 unspecified atom stereocenters. The van der Waals surface area contributed by atoms with Gasteiger partial charge >= 0.3 is 6.03 Å². The third-order valence-electron chi connectivity index (χ3n) is 4.41. The first-order valence-corrected chi connectivity index (χ1v) is 8.73. The van der Waals surface area contributed by atoms with Crippen molar-refractivity contribution in [2.24, 2.45) is 0 Å². The highest BCUT2D eigenvalue weighted by Crippen LogP contribution is 2.09. The predicted octanol–water partition coefficient (Wildman–Crippen LogP) is 1.95. The van der Waals surface area contributed by atoms with Gasteiger partial charge in [0, 0.05) is 17.1 Å². The van der Waals surface area contributed by atoms with Crippen molar-refractivity contribution in [2.75, 3.05) is 26.2 Å². The van der Waals surface area contributed by atoms with E-state index in [1.54, 1.807) is 0 Å². The number of nitrogens with one attached hydrogen (secondary N) is 2. The molecule has 2 aromatic rings. The first kappa shape index (κ1) is 16.8. The van der Waals surface area contributed by atoms with Crippen LogP contribution in [0.4, 0.5) is 4.79 Å². The molecule has 2 aromatic carbocycles. The lowest BCUT2D eigenvalue weighted by Gasteiger charge is -2.32. The van der Waals surface area contributed by atoms with Gasteiger partial charge in [-0.05, 0) is 17.7 Å². The van der Waals surface area contributed by atoms with Crippen LogP contribution in [0.15, 0.2) is 54.6 Å². The molecule has 5 heteroatoms. The standard InChI is InChI=1S/C19H22ClN3O/c20-18-8-6-16(7-9-18)14-21-19(24)23-12-10-22(11-13-23)15-17-4-2-1-3-5-17/h1-9H,10-15H2,(H,21,24)/p+1. The molecular formula is C19H23ClN3O+. The third-order valence-corrected chi connectivity index (χ3v) is 4.66. The van der Waals surface area contributed by atoms with Crippen LogP contribution in [0.3, 0.4) is 0 Å². The quantitative estimate of drug-likeness (QED) is 0.874. The monoisotopic (exact) mass is 344 g/mol. The van der Waals surface area contributed by atoms with E-state index in [0.29, 0.717) is 11.6 Å². The first-order valence-electron chi connectivity index (χ1n) is 8.35. The van der Waals surface area contributed by atoms with Crippen LogP contribution in [-0.4, -0.2) is 37.1 Å². The fourth-order valence-electron chi connectivity index (χ4n) is 2.98. The van der Waals surface area contributed by atoms with Crippen molar-refractivity contribution in [1.82, 2.24) is 10.2 Å². The van der Waals surface area contributed by atoms with Crippen LogP contribution < -0.4 is 10.2 Å². The SMILES string of the molecule is O=C(NCc1ccc(Cl)cc1)N1CC[NH+](Cc2ccccc2)CC1. The van der Waals surface area contributed by atoms with Gasteiger partial charge in [0.15, 0.2) is 0 Å². The molecule has 3 rings (SSSR count). The largest absolute Gasteiger partial charge is 0.334 e. The molecule has 1 aliphatic heterocycles. The molecule has 0 aromatic heterocycles. The summed E-state index contributed by atoms with van der Waals surface area (Å²) in [6.07, 6.45) is 0. The van der Waals surface area contributed by atoms with Gasteiger partial charge in [-0.3, -0.25) is 0 Å². The molecule has 4 nitrogen and oxygen atoms in total. The summed E-state index contributed by atoms with van der Waals surface area (Å²) < 4.78 is 0. The zero-order chi connectivity index (χ0) is 16.8. The number of nitrogens with zero attached hydrogens (tertiary/aromatic N) is 1. The highest BCUT2D eigenvalue weighted by atomic mass is 35.5. The molecule has 126 valence electrons. The maximum Gasteiger partial charge on any atom is 0.318 e. The van der Waals surface area contributed by atoms with Gasteiger partial charge < -0.3 is 15.1 Å². The molecule has 0 radical (unpaired) electrons. The Morgan fingerprint density at radius 2 is 1.67 bits per heavy atom. The molecule has 1 aliphatic rings. The van der Waals surface area contributed by atoms with Gasteiger partial charge in [-0.15, -0.1) is 0 Å². The van der Waals surface area contributed by atoms with Crippen molar-refractivity contribution in [3.63, 3.8) is 0 Å². The van der Waals surface area contributed by atoms with Crippen molar-refractivity contribution in [1.29, 1.82) is 0 Å². The molecule has 24 heavy (non-hydrogen) atoms. The van der Waals surface area contributed by atoms with Gasteiger partial charge in [0.1, 0.15) is 6.54 Å². The number of amides is 2. The van der Waals surface area contributed by atoms with Crippen molar-refractivity contribution in [3.05, 3.63) is 70.7 Å². The Hall–Kier alpha value is -2.04. The van der Waals surface area contributed by atoms with Crippen LogP contribution in [-0.2, 0) is 13.1 Å². The van der Waals surface area contributed by atoms with Crippen LogP contribution in [0.25, 0.3) is 0 Å². The summed E-state index contributed by atoms with van der Waals surface area (Å²) in [4.78, 5) is 15.7. The molecular weight excluding hydrogens is 322 g/mol. The fraction of sp³-hybridized carbons (Fsp3) is 0.316. The van der Waals surface area contributed by atoms with Gasteiger partial charge in [0.2, 0.25) is 0 Å². The van der Waals surface area contributed by atoms with Gasteiger partial charge in [-0.2, -0.15) is 0 Å². The number of benzene rings is 2. The van der Waals surface area contributed by atoms with Crippen molar-refractivity contribution < 1.29 is 9.69 Å². The number of urea groups is 1. The van der Waals surface area contributed by atoms with E-state index in [2.05, 4.69) is 29.6 Å². The summed E-state index contributed by atoms with van der Waals surface area (Å²) >= 11 is 5.87. The number of halogens is 1. The van der Waals surface area contributed by atoms with E-state index in [1.165, 1.54) is 10.5 Å². The number of piperazine rings is 1. The molecule has 1 saturated heterocycles. The first-order chi connectivity index (χ1) is 11.7. The molecule has 0 saturated carbocycles. The van der Waals surface area contributed by atoms with Crippen molar-refractivity contribution in [2.45, 2.75) is 13.1 Å². The number of carbonyl (C=O) groups is 1. The second kappa shape index (κ2) is 8.18. The van der Waals surface area contributed by atoms with Gasteiger partial charge in [0.05, 0.1) is 26.2 Å². The van der Waals surface area contributed by atoms with Crippen molar-refractivity contribution >= 4 is 17.6 Å². The summed E-state index contributed by atoms with van der Waals surface area (Å²) in [7, 11) is 0. The van der Waals surface area contributed by atoms with E-state index in [9.17, 15) is 4.79 Å². The summed E-state index contributed by atoms with van der Waals surface area (Å²) in [5.74, 6) is 0. The van der Waals surface area contributed by atoms with Crippen LogP contribution in [0.1, 0.15) is 11.1 Å². The van der Waals surface area contributed by atoms with E-state index < -0.39 is 0 Å². The van der Waals surface area contributed by atoms with Gasteiger partial charge in [-0.25, -0.2) is 4.79 Å². The van der Waals surface area contributed by atoms with E-state index in [-0.39, 0.29) is 6.03 Å². The second-order valence-electron chi connectivity index (χ2n) is 6.18. The zero-order valence-electron chi connectivity index (χ0n) is 13.7. The van der Waals surface area contributed by atoms with Crippen LogP contribution >= 0.6 is 11.6 Å². The highest BCUT2D eigenvalue weighted by Gasteiger charge is 2.23. The Morgan fingerprint density at radius 3 is 2.33 bits per heavy atom.